The molecule has 2 N–H and O–H groups in total. The minimum absolute atomic E-state index is 0.207. The van der Waals surface area contributed by atoms with E-state index in [1.165, 1.54) is 51.0 Å². The molecule has 0 bridgehead atoms. The van der Waals surface area contributed by atoms with Gasteiger partial charge in [-0.2, -0.15) is 0 Å². The van der Waals surface area contributed by atoms with Gasteiger partial charge in [-0.1, -0.05) is 6.92 Å². The standard InChI is InChI=1S/C17H27N3O2/c1-13-3-2-6-20(11-13)15-4-7-19(8-5-15)12-14-9-16(21)17(22)10-18-14/h9-10,13,15,22H,2-8,11-12H2,1H3,(H,18,21). The molecular formula is C17H27N3O2. The normalized spacial score (nSPS) is 25.4. The lowest BCUT2D eigenvalue weighted by Crippen LogP contribution is -2.48. The van der Waals surface area contributed by atoms with Crippen LogP contribution in [0.2, 0.25) is 0 Å². The fraction of sp³-hybridized carbons (Fsp3) is 0.706. The van der Waals surface area contributed by atoms with Gasteiger partial charge < -0.3 is 15.0 Å². The number of pyridine rings is 1. The Labute approximate surface area is 131 Å². The Hall–Kier alpha value is -1.33. The molecular weight excluding hydrogens is 278 g/mol. The fourth-order valence-electron chi connectivity index (χ4n) is 3.84. The first-order valence-electron chi connectivity index (χ1n) is 8.49. The van der Waals surface area contributed by atoms with Crippen LogP contribution in [-0.4, -0.2) is 52.1 Å². The van der Waals surface area contributed by atoms with Crippen molar-refractivity contribution < 1.29 is 5.11 Å². The monoisotopic (exact) mass is 305 g/mol. The van der Waals surface area contributed by atoms with E-state index in [9.17, 15) is 9.90 Å². The molecule has 3 rings (SSSR count). The van der Waals surface area contributed by atoms with Gasteiger partial charge in [0.25, 0.3) is 0 Å². The van der Waals surface area contributed by atoms with Crippen molar-refractivity contribution in [2.75, 3.05) is 26.2 Å². The molecule has 5 nitrogen and oxygen atoms in total. The Bertz CT molecular complexity index is 549. The SMILES string of the molecule is CC1CCCN(C2CCN(Cc3cc(=O)c(O)c[nH]3)CC2)C1. The number of piperidine rings is 2. The maximum absolute atomic E-state index is 11.5. The molecule has 22 heavy (non-hydrogen) atoms. The number of aromatic nitrogens is 1. The average Bonchev–Trinajstić information content (AvgIpc) is 2.52. The van der Waals surface area contributed by atoms with Crippen LogP contribution < -0.4 is 5.43 Å². The van der Waals surface area contributed by atoms with Crippen LogP contribution in [0.4, 0.5) is 0 Å². The number of hydrogen-bond donors (Lipinski definition) is 2. The molecule has 2 fully saturated rings. The summed E-state index contributed by atoms with van der Waals surface area (Å²) in [6, 6.07) is 2.24. The maximum atomic E-state index is 11.5. The Morgan fingerprint density at radius 1 is 1.27 bits per heavy atom. The lowest BCUT2D eigenvalue weighted by molar-refractivity contribution is 0.0725. The zero-order valence-electron chi connectivity index (χ0n) is 13.4. The van der Waals surface area contributed by atoms with E-state index in [2.05, 4.69) is 21.7 Å². The van der Waals surface area contributed by atoms with E-state index in [-0.39, 0.29) is 11.2 Å². The third kappa shape index (κ3) is 3.70. The molecule has 2 saturated heterocycles. The molecule has 122 valence electrons. The predicted octanol–water partition coefficient (Wildman–Crippen LogP) is 1.78. The molecule has 1 aromatic heterocycles. The fourth-order valence-corrected chi connectivity index (χ4v) is 3.84. The molecule has 0 spiro atoms. The van der Waals surface area contributed by atoms with Crippen molar-refractivity contribution >= 4 is 0 Å². The molecule has 2 aliphatic heterocycles. The molecule has 0 aromatic carbocycles. The first kappa shape index (κ1) is 15.6. The van der Waals surface area contributed by atoms with Gasteiger partial charge in [0, 0.05) is 50.2 Å². The van der Waals surface area contributed by atoms with Crippen molar-refractivity contribution in [3.8, 4) is 5.75 Å². The summed E-state index contributed by atoms with van der Waals surface area (Å²) in [6.07, 6.45) is 6.54. The van der Waals surface area contributed by atoms with Gasteiger partial charge in [0.2, 0.25) is 5.43 Å². The highest BCUT2D eigenvalue weighted by Gasteiger charge is 2.27. The lowest BCUT2D eigenvalue weighted by atomic mass is 9.95. The van der Waals surface area contributed by atoms with Gasteiger partial charge in [0.15, 0.2) is 5.75 Å². The second-order valence-electron chi connectivity index (χ2n) is 6.96. The third-order valence-corrected chi connectivity index (χ3v) is 5.11. The maximum Gasteiger partial charge on any atom is 0.223 e. The number of aromatic hydroxyl groups is 1. The quantitative estimate of drug-likeness (QED) is 0.893. The highest BCUT2D eigenvalue weighted by atomic mass is 16.3. The molecule has 0 radical (unpaired) electrons. The van der Waals surface area contributed by atoms with Gasteiger partial charge in [0.1, 0.15) is 0 Å². The van der Waals surface area contributed by atoms with Gasteiger partial charge in [-0.3, -0.25) is 9.69 Å². The summed E-state index contributed by atoms with van der Waals surface area (Å²) in [5.74, 6) is 0.635. The summed E-state index contributed by atoms with van der Waals surface area (Å²) in [6.45, 7) is 7.81. The molecule has 1 aromatic rings. The van der Waals surface area contributed by atoms with E-state index in [0.29, 0.717) is 0 Å². The smallest absolute Gasteiger partial charge is 0.223 e. The highest BCUT2D eigenvalue weighted by molar-refractivity contribution is 5.18. The van der Waals surface area contributed by atoms with E-state index < -0.39 is 0 Å². The number of nitrogens with one attached hydrogen (secondary N) is 1. The molecule has 5 heteroatoms. The average molecular weight is 305 g/mol. The first-order valence-corrected chi connectivity index (χ1v) is 8.49. The van der Waals surface area contributed by atoms with E-state index in [0.717, 1.165) is 37.3 Å². The Kier molecular flexibility index (Phi) is 4.84. The third-order valence-electron chi connectivity index (χ3n) is 5.11. The Morgan fingerprint density at radius 2 is 2.05 bits per heavy atom. The highest BCUT2D eigenvalue weighted by Crippen LogP contribution is 2.24. The summed E-state index contributed by atoms with van der Waals surface area (Å²) in [5, 5.41) is 9.29. The number of hydrogen-bond acceptors (Lipinski definition) is 4. The van der Waals surface area contributed by atoms with Gasteiger partial charge in [-0.15, -0.1) is 0 Å². The second-order valence-corrected chi connectivity index (χ2v) is 6.96. The van der Waals surface area contributed by atoms with E-state index >= 15 is 0 Å². The van der Waals surface area contributed by atoms with Gasteiger partial charge in [-0.25, -0.2) is 0 Å². The summed E-state index contributed by atoms with van der Waals surface area (Å²) in [7, 11) is 0. The van der Waals surface area contributed by atoms with Crippen LogP contribution in [0.3, 0.4) is 0 Å². The predicted molar refractivity (Wildman–Crippen MR) is 87.0 cm³/mol. The summed E-state index contributed by atoms with van der Waals surface area (Å²) < 4.78 is 0. The topological polar surface area (TPSA) is 59.6 Å². The summed E-state index contributed by atoms with van der Waals surface area (Å²) in [4.78, 5) is 19.6. The Morgan fingerprint density at radius 3 is 2.73 bits per heavy atom. The molecule has 0 aliphatic carbocycles. The number of nitrogens with zero attached hydrogens (tertiary/aromatic N) is 2. The van der Waals surface area contributed by atoms with E-state index in [4.69, 9.17) is 0 Å². The van der Waals surface area contributed by atoms with Crippen LogP contribution in [0.5, 0.6) is 5.75 Å². The second kappa shape index (κ2) is 6.84. The molecule has 2 aliphatic rings. The molecule has 3 heterocycles. The van der Waals surface area contributed by atoms with Crippen molar-refractivity contribution in [3.63, 3.8) is 0 Å². The minimum Gasteiger partial charge on any atom is -0.503 e. The van der Waals surface area contributed by atoms with E-state index in [1.807, 2.05) is 0 Å². The van der Waals surface area contributed by atoms with Gasteiger partial charge in [0.05, 0.1) is 0 Å². The van der Waals surface area contributed by atoms with Crippen molar-refractivity contribution in [1.29, 1.82) is 0 Å². The lowest BCUT2D eigenvalue weighted by Gasteiger charge is -2.41. The minimum atomic E-state index is -0.300. The van der Waals surface area contributed by atoms with Crippen molar-refractivity contribution in [2.45, 2.75) is 45.2 Å². The van der Waals surface area contributed by atoms with Crippen LogP contribution in [0.25, 0.3) is 0 Å². The van der Waals surface area contributed by atoms with E-state index in [1.54, 1.807) is 0 Å². The number of likely N-dealkylation sites (tertiary alicyclic amines) is 2. The molecule has 1 unspecified atom stereocenters. The number of aromatic amines is 1. The summed E-state index contributed by atoms with van der Waals surface area (Å²) >= 11 is 0. The van der Waals surface area contributed by atoms with Crippen molar-refractivity contribution in [1.82, 2.24) is 14.8 Å². The molecule has 0 amide bonds. The van der Waals surface area contributed by atoms with Crippen LogP contribution in [0.1, 0.15) is 38.3 Å². The van der Waals surface area contributed by atoms with Gasteiger partial charge >= 0.3 is 0 Å². The van der Waals surface area contributed by atoms with Gasteiger partial charge in [-0.05, 0) is 38.1 Å². The number of H-pyrrole nitrogens is 1. The van der Waals surface area contributed by atoms with Crippen LogP contribution in [0, 0.1) is 5.92 Å². The zero-order chi connectivity index (χ0) is 15.5. The van der Waals surface area contributed by atoms with Crippen molar-refractivity contribution in [3.05, 3.63) is 28.2 Å². The van der Waals surface area contributed by atoms with Crippen LogP contribution in [-0.2, 0) is 6.54 Å². The van der Waals surface area contributed by atoms with Crippen LogP contribution >= 0.6 is 0 Å². The molecule has 1 atom stereocenters. The zero-order valence-corrected chi connectivity index (χ0v) is 13.4. The summed E-state index contributed by atoms with van der Waals surface area (Å²) in [5.41, 5.74) is 0.582. The molecule has 0 saturated carbocycles. The van der Waals surface area contributed by atoms with Crippen molar-refractivity contribution in [2.24, 2.45) is 5.92 Å². The van der Waals surface area contributed by atoms with Crippen LogP contribution in [0.15, 0.2) is 17.1 Å². The largest absolute Gasteiger partial charge is 0.503 e. The first-order chi connectivity index (χ1) is 10.6. The number of rotatable bonds is 3. The Balaban J connectivity index is 1.51.